The highest BCUT2D eigenvalue weighted by Crippen LogP contribution is 2.38. The average Bonchev–Trinajstić information content (AvgIpc) is 3.08. The summed E-state index contributed by atoms with van der Waals surface area (Å²) < 4.78 is 35.5. The Bertz CT molecular complexity index is 1280. The summed E-state index contributed by atoms with van der Waals surface area (Å²) in [6, 6.07) is 13.4. The lowest BCUT2D eigenvalue weighted by Gasteiger charge is -2.15. The maximum absolute atomic E-state index is 14.6. The van der Waals surface area contributed by atoms with E-state index < -0.39 is 17.5 Å². The van der Waals surface area contributed by atoms with Gasteiger partial charge in [-0.2, -0.15) is 0 Å². The van der Waals surface area contributed by atoms with Crippen molar-refractivity contribution < 1.29 is 18.3 Å². The number of aryl methyl sites for hydroxylation is 2. The summed E-state index contributed by atoms with van der Waals surface area (Å²) in [5, 5.41) is 3.30. The number of nitrogens with one attached hydrogen (secondary N) is 1. The second-order valence-electron chi connectivity index (χ2n) is 7.15. The van der Waals surface area contributed by atoms with Crippen LogP contribution in [0.5, 0.6) is 5.75 Å². The number of nitrogens with two attached hydrogens (primary N) is 1. The van der Waals surface area contributed by atoms with Gasteiger partial charge in [0.05, 0.1) is 0 Å². The Labute approximate surface area is 177 Å². The smallest absolute Gasteiger partial charge is 0.255 e. The van der Waals surface area contributed by atoms with Crippen LogP contribution in [-0.4, -0.2) is 21.9 Å². The molecule has 0 unspecified atom stereocenters. The summed E-state index contributed by atoms with van der Waals surface area (Å²) in [6.07, 6.45) is 1.16. The van der Waals surface area contributed by atoms with Gasteiger partial charge in [-0.05, 0) is 37.1 Å². The van der Waals surface area contributed by atoms with E-state index in [1.54, 1.807) is 24.3 Å². The second kappa shape index (κ2) is 8.06. The van der Waals surface area contributed by atoms with Crippen LogP contribution in [-0.2, 0) is 4.79 Å². The average molecular weight is 422 g/mol. The van der Waals surface area contributed by atoms with Crippen LogP contribution >= 0.6 is 0 Å². The number of carbonyl (C=O) groups excluding carboxylic acids is 1. The minimum absolute atomic E-state index is 0.0464. The maximum Gasteiger partial charge on any atom is 0.255 e. The number of pyridine rings is 1. The molecule has 4 aromatic rings. The molecule has 4 rings (SSSR count). The molecule has 0 aliphatic heterocycles. The Kier molecular flexibility index (Phi) is 5.29. The molecule has 2 heterocycles. The topological polar surface area (TPSA) is 81.6 Å². The van der Waals surface area contributed by atoms with Crippen molar-refractivity contribution in [3.8, 4) is 17.0 Å². The minimum Gasteiger partial charge on any atom is -0.483 e. The Balaban J connectivity index is 1.95. The molecule has 158 valence electrons. The van der Waals surface area contributed by atoms with Crippen LogP contribution < -0.4 is 15.8 Å². The molecule has 0 radical (unpaired) electrons. The van der Waals surface area contributed by atoms with Crippen molar-refractivity contribution >= 4 is 23.1 Å². The fourth-order valence-corrected chi connectivity index (χ4v) is 3.45. The first-order valence-corrected chi connectivity index (χ1v) is 9.56. The third-order valence-corrected chi connectivity index (χ3v) is 4.88. The molecule has 0 aliphatic rings. The summed E-state index contributed by atoms with van der Waals surface area (Å²) >= 11 is 0. The molecule has 8 heteroatoms. The Morgan fingerprint density at radius 3 is 2.55 bits per heavy atom. The summed E-state index contributed by atoms with van der Waals surface area (Å²) in [5.74, 6) is -1.47. The van der Waals surface area contributed by atoms with Gasteiger partial charge in [0, 0.05) is 23.5 Å². The molecule has 31 heavy (non-hydrogen) atoms. The van der Waals surface area contributed by atoms with Crippen LogP contribution in [0.1, 0.15) is 11.1 Å². The number of halogens is 2. The van der Waals surface area contributed by atoms with E-state index in [-0.39, 0.29) is 12.3 Å². The van der Waals surface area contributed by atoms with Crippen molar-refractivity contribution in [2.45, 2.75) is 13.8 Å². The molecule has 0 spiro atoms. The van der Waals surface area contributed by atoms with Crippen molar-refractivity contribution in [3.63, 3.8) is 0 Å². The van der Waals surface area contributed by atoms with Crippen LogP contribution in [0, 0.1) is 25.5 Å². The number of aromatic nitrogens is 2. The number of hydrogen-bond donors (Lipinski definition) is 2. The highest BCUT2D eigenvalue weighted by Gasteiger charge is 2.21. The molecule has 0 aliphatic carbocycles. The number of hydrogen-bond acceptors (Lipinski definition) is 4. The first-order valence-electron chi connectivity index (χ1n) is 9.56. The van der Waals surface area contributed by atoms with Gasteiger partial charge in [-0.25, -0.2) is 13.8 Å². The number of ether oxygens (including phenoxy) is 1. The Morgan fingerprint density at radius 1 is 1.13 bits per heavy atom. The summed E-state index contributed by atoms with van der Waals surface area (Å²) in [7, 11) is 0. The van der Waals surface area contributed by atoms with E-state index in [2.05, 4.69) is 10.3 Å². The Morgan fingerprint density at radius 2 is 1.84 bits per heavy atom. The van der Waals surface area contributed by atoms with Crippen molar-refractivity contribution in [2.24, 2.45) is 5.73 Å². The number of nitrogens with zero attached hydrogens (tertiary/aromatic N) is 2. The zero-order valence-electron chi connectivity index (χ0n) is 16.9. The molecule has 1 amide bonds. The third kappa shape index (κ3) is 3.92. The number of primary amides is 1. The van der Waals surface area contributed by atoms with Crippen LogP contribution in [0.2, 0.25) is 0 Å². The molecule has 3 N–H and O–H groups in total. The fourth-order valence-electron chi connectivity index (χ4n) is 3.45. The van der Waals surface area contributed by atoms with Gasteiger partial charge in [-0.15, -0.1) is 0 Å². The molecule has 2 aromatic heterocycles. The van der Waals surface area contributed by atoms with E-state index in [1.807, 2.05) is 32.0 Å². The van der Waals surface area contributed by atoms with Gasteiger partial charge in [0.1, 0.15) is 23.1 Å². The summed E-state index contributed by atoms with van der Waals surface area (Å²) in [5.41, 5.74) is 8.71. The monoisotopic (exact) mass is 422 g/mol. The quantitative estimate of drug-likeness (QED) is 0.479. The van der Waals surface area contributed by atoms with Crippen LogP contribution in [0.15, 0.2) is 54.7 Å². The van der Waals surface area contributed by atoms with E-state index in [9.17, 15) is 13.6 Å². The standard InChI is InChI=1S/C23H20F2N4O2/c1-13-6-5-7-14(2)20(13)27-23-21(28-22-17(25)10-15(24)11-29(22)23)16-8-3-4-9-18(16)31-12-19(26)30/h3-11,27H,12H2,1-2H3,(H2,26,30). The number of anilines is 2. The highest BCUT2D eigenvalue weighted by molar-refractivity contribution is 5.84. The van der Waals surface area contributed by atoms with Gasteiger partial charge in [-0.3, -0.25) is 9.20 Å². The molecule has 0 bridgehead atoms. The molecule has 6 nitrogen and oxygen atoms in total. The predicted octanol–water partition coefficient (Wildman–Crippen LogP) is 4.50. The number of rotatable bonds is 6. The van der Waals surface area contributed by atoms with Crippen molar-refractivity contribution in [2.75, 3.05) is 11.9 Å². The zero-order chi connectivity index (χ0) is 22.1. The number of benzene rings is 2. The molecule has 0 fully saturated rings. The van der Waals surface area contributed by atoms with Gasteiger partial charge in [0.25, 0.3) is 5.91 Å². The fraction of sp³-hybridized carbons (Fsp3) is 0.130. The normalized spacial score (nSPS) is 11.0. The zero-order valence-corrected chi connectivity index (χ0v) is 16.9. The van der Waals surface area contributed by atoms with Gasteiger partial charge in [-0.1, -0.05) is 30.3 Å². The molecular formula is C23H20F2N4O2. The van der Waals surface area contributed by atoms with E-state index in [1.165, 1.54) is 4.40 Å². The number of imidazole rings is 1. The highest BCUT2D eigenvalue weighted by atomic mass is 19.1. The van der Waals surface area contributed by atoms with Crippen molar-refractivity contribution in [1.82, 2.24) is 9.38 Å². The van der Waals surface area contributed by atoms with Crippen molar-refractivity contribution in [1.29, 1.82) is 0 Å². The van der Waals surface area contributed by atoms with Crippen LogP contribution in [0.4, 0.5) is 20.3 Å². The SMILES string of the molecule is Cc1cccc(C)c1Nc1c(-c2ccccc2OCC(N)=O)nc2c(F)cc(F)cn12. The molecule has 0 atom stereocenters. The second-order valence-corrected chi connectivity index (χ2v) is 7.15. The minimum atomic E-state index is -0.800. The number of para-hydroxylation sites is 2. The Hall–Kier alpha value is -3.94. The van der Waals surface area contributed by atoms with E-state index in [0.717, 1.165) is 29.1 Å². The first-order chi connectivity index (χ1) is 14.8. The lowest BCUT2D eigenvalue weighted by Crippen LogP contribution is -2.20. The maximum atomic E-state index is 14.6. The first kappa shape index (κ1) is 20.3. The molecule has 2 aromatic carbocycles. The lowest BCUT2D eigenvalue weighted by molar-refractivity contribution is -0.119. The largest absolute Gasteiger partial charge is 0.483 e. The van der Waals surface area contributed by atoms with Gasteiger partial charge in [0.2, 0.25) is 0 Å². The number of amides is 1. The predicted molar refractivity (Wildman–Crippen MR) is 114 cm³/mol. The number of fused-ring (bicyclic) bond motifs is 1. The van der Waals surface area contributed by atoms with Crippen LogP contribution in [0.25, 0.3) is 16.9 Å². The van der Waals surface area contributed by atoms with Crippen LogP contribution in [0.3, 0.4) is 0 Å². The lowest BCUT2D eigenvalue weighted by atomic mass is 10.1. The molecular weight excluding hydrogens is 402 g/mol. The van der Waals surface area contributed by atoms with E-state index >= 15 is 0 Å². The van der Waals surface area contributed by atoms with Gasteiger partial charge in [0.15, 0.2) is 18.1 Å². The molecule has 0 saturated heterocycles. The van der Waals surface area contributed by atoms with Gasteiger partial charge < -0.3 is 15.8 Å². The van der Waals surface area contributed by atoms with E-state index in [0.29, 0.717) is 22.8 Å². The van der Waals surface area contributed by atoms with Crippen molar-refractivity contribution in [3.05, 3.63) is 77.5 Å². The summed E-state index contributed by atoms with van der Waals surface area (Å²) in [6.45, 7) is 3.54. The van der Waals surface area contributed by atoms with Gasteiger partial charge >= 0.3 is 0 Å². The third-order valence-electron chi connectivity index (χ3n) is 4.88. The molecule has 0 saturated carbocycles. The number of carbonyl (C=O) groups is 1. The van der Waals surface area contributed by atoms with E-state index in [4.69, 9.17) is 10.5 Å². The summed E-state index contributed by atoms with van der Waals surface area (Å²) in [4.78, 5) is 15.6.